The lowest BCUT2D eigenvalue weighted by Gasteiger charge is -2.29. The molecule has 0 N–H and O–H groups in total. The van der Waals surface area contributed by atoms with Crippen LogP contribution >= 0.6 is 0 Å². The molecule has 3 aliphatic rings. The van der Waals surface area contributed by atoms with Gasteiger partial charge in [0.1, 0.15) is 0 Å². The monoisotopic (exact) mass is 603 g/mol. The maximum absolute atomic E-state index is 14.5. The van der Waals surface area contributed by atoms with Crippen molar-refractivity contribution in [3.63, 3.8) is 0 Å². The van der Waals surface area contributed by atoms with E-state index in [1.165, 1.54) is 43.2 Å². The SMILES string of the molecule is CCCCCc1ccc(CCc2cc(C(=O)N3CCC[C@H]3CN3CCCC3)c3cc(-c4ccc5c(c4)OCO5)ccc3n2)cc1. The summed E-state index contributed by atoms with van der Waals surface area (Å²) in [5.74, 6) is 1.67. The van der Waals surface area contributed by atoms with Gasteiger partial charge >= 0.3 is 0 Å². The zero-order chi connectivity index (χ0) is 30.6. The second-order valence-corrected chi connectivity index (χ2v) is 13.0. The van der Waals surface area contributed by atoms with Crippen molar-refractivity contribution in [1.82, 2.24) is 14.8 Å². The zero-order valence-electron chi connectivity index (χ0n) is 26.6. The molecule has 234 valence electrons. The van der Waals surface area contributed by atoms with E-state index in [0.29, 0.717) is 0 Å². The Balaban J connectivity index is 1.18. The summed E-state index contributed by atoms with van der Waals surface area (Å²) < 4.78 is 11.2. The number of amides is 1. The molecule has 45 heavy (non-hydrogen) atoms. The van der Waals surface area contributed by atoms with Crippen LogP contribution in [0.3, 0.4) is 0 Å². The molecule has 1 aromatic heterocycles. The zero-order valence-corrected chi connectivity index (χ0v) is 26.6. The molecule has 0 spiro atoms. The van der Waals surface area contributed by atoms with E-state index in [9.17, 15) is 4.79 Å². The van der Waals surface area contributed by atoms with Crippen LogP contribution in [0.15, 0.2) is 66.7 Å². The van der Waals surface area contributed by atoms with Crippen molar-refractivity contribution < 1.29 is 14.3 Å². The predicted molar refractivity (Wildman–Crippen MR) is 180 cm³/mol. The number of nitrogens with zero attached hydrogens (tertiary/aromatic N) is 3. The van der Waals surface area contributed by atoms with Crippen LogP contribution in [0.25, 0.3) is 22.0 Å². The highest BCUT2D eigenvalue weighted by molar-refractivity contribution is 6.07. The summed E-state index contributed by atoms with van der Waals surface area (Å²) in [7, 11) is 0. The highest BCUT2D eigenvalue weighted by Gasteiger charge is 2.32. The van der Waals surface area contributed by atoms with Gasteiger partial charge < -0.3 is 19.3 Å². The van der Waals surface area contributed by atoms with E-state index in [1.54, 1.807) is 0 Å². The standard InChI is InChI=1S/C39H45N3O3/c1-2-3-4-8-28-10-12-29(13-11-28)14-17-32-25-35(39(43)42-22-7-9-33(42)26-41-20-5-6-21-41)34-23-30(15-18-36(34)40-32)31-16-19-37-38(24-31)45-27-44-37/h10-13,15-16,18-19,23-25,33H,2-9,14,17,20-22,26-27H2,1H3/t33-/m0/s1. The van der Waals surface area contributed by atoms with Crippen LogP contribution in [0.1, 0.15) is 79.0 Å². The molecule has 2 saturated heterocycles. The number of likely N-dealkylation sites (tertiary alicyclic amines) is 2. The molecule has 1 amide bonds. The number of carbonyl (C=O) groups excluding carboxylic acids is 1. The highest BCUT2D eigenvalue weighted by Crippen LogP contribution is 2.37. The minimum absolute atomic E-state index is 0.143. The van der Waals surface area contributed by atoms with Gasteiger partial charge in [-0.05, 0) is 117 Å². The summed E-state index contributed by atoms with van der Waals surface area (Å²) in [5.41, 5.74) is 7.43. The van der Waals surface area contributed by atoms with Crippen molar-refractivity contribution in [2.75, 3.05) is 33.0 Å². The molecule has 0 saturated carbocycles. The molecule has 0 unspecified atom stereocenters. The Bertz CT molecular complexity index is 1640. The van der Waals surface area contributed by atoms with E-state index in [-0.39, 0.29) is 18.7 Å². The fraction of sp³-hybridized carbons (Fsp3) is 0.436. The van der Waals surface area contributed by atoms with Crippen LogP contribution in [-0.2, 0) is 19.3 Å². The Kier molecular flexibility index (Phi) is 9.01. The van der Waals surface area contributed by atoms with E-state index in [0.717, 1.165) is 103 Å². The Hall–Kier alpha value is -3.90. The molecule has 6 nitrogen and oxygen atoms in total. The van der Waals surface area contributed by atoms with Crippen LogP contribution < -0.4 is 9.47 Å². The number of unbranched alkanes of at least 4 members (excludes halogenated alkanes) is 2. The fourth-order valence-corrected chi connectivity index (χ4v) is 7.28. The lowest BCUT2D eigenvalue weighted by atomic mass is 9.97. The molecule has 4 heterocycles. The number of aromatic nitrogens is 1. The lowest BCUT2D eigenvalue weighted by molar-refractivity contribution is 0.0710. The van der Waals surface area contributed by atoms with E-state index in [2.05, 4.69) is 71.3 Å². The summed E-state index contributed by atoms with van der Waals surface area (Å²) >= 11 is 0. The summed E-state index contributed by atoms with van der Waals surface area (Å²) in [6.45, 7) is 6.61. The first-order chi connectivity index (χ1) is 22.1. The normalized spacial score (nSPS) is 17.9. The molecule has 1 atom stereocenters. The topological polar surface area (TPSA) is 54.9 Å². The molecule has 4 aromatic rings. The molecule has 3 aliphatic heterocycles. The number of ether oxygens (including phenoxy) is 2. The van der Waals surface area contributed by atoms with Crippen molar-refractivity contribution in [2.45, 2.75) is 77.2 Å². The lowest BCUT2D eigenvalue weighted by Crippen LogP contribution is -2.42. The van der Waals surface area contributed by atoms with Gasteiger partial charge in [0.05, 0.1) is 11.1 Å². The van der Waals surface area contributed by atoms with E-state index in [4.69, 9.17) is 14.5 Å². The molecule has 2 fully saturated rings. The summed E-state index contributed by atoms with van der Waals surface area (Å²) in [6.07, 6.45) is 11.3. The number of benzene rings is 3. The Morgan fingerprint density at radius 1 is 0.800 bits per heavy atom. The van der Waals surface area contributed by atoms with Crippen LogP contribution in [-0.4, -0.2) is 59.7 Å². The molecule has 0 bridgehead atoms. The number of carbonyl (C=O) groups is 1. The molecular weight excluding hydrogens is 558 g/mol. The predicted octanol–water partition coefficient (Wildman–Crippen LogP) is 7.85. The van der Waals surface area contributed by atoms with E-state index < -0.39 is 0 Å². The van der Waals surface area contributed by atoms with Gasteiger partial charge in [-0.25, -0.2) is 0 Å². The third-order valence-corrected chi connectivity index (χ3v) is 9.87. The van der Waals surface area contributed by atoms with Crippen LogP contribution in [0, 0.1) is 0 Å². The van der Waals surface area contributed by atoms with Gasteiger partial charge in [0.15, 0.2) is 11.5 Å². The smallest absolute Gasteiger partial charge is 0.254 e. The van der Waals surface area contributed by atoms with Gasteiger partial charge in [0.25, 0.3) is 5.91 Å². The molecule has 0 aliphatic carbocycles. The average molecular weight is 604 g/mol. The first-order valence-corrected chi connectivity index (χ1v) is 17.1. The first kappa shape index (κ1) is 29.8. The average Bonchev–Trinajstić information content (AvgIpc) is 3.86. The van der Waals surface area contributed by atoms with Gasteiger partial charge in [0.2, 0.25) is 6.79 Å². The summed E-state index contributed by atoms with van der Waals surface area (Å²) in [4.78, 5) is 24.3. The van der Waals surface area contributed by atoms with Crippen molar-refractivity contribution in [3.8, 4) is 22.6 Å². The third-order valence-electron chi connectivity index (χ3n) is 9.87. The number of aryl methyl sites for hydroxylation is 3. The summed E-state index contributed by atoms with van der Waals surface area (Å²) in [5, 5.41) is 0.919. The second-order valence-electron chi connectivity index (χ2n) is 13.0. The fourth-order valence-electron chi connectivity index (χ4n) is 7.28. The first-order valence-electron chi connectivity index (χ1n) is 17.1. The minimum atomic E-state index is 0.143. The number of hydrogen-bond acceptors (Lipinski definition) is 5. The van der Waals surface area contributed by atoms with Gasteiger partial charge in [-0.15, -0.1) is 0 Å². The van der Waals surface area contributed by atoms with Crippen molar-refractivity contribution in [1.29, 1.82) is 0 Å². The highest BCUT2D eigenvalue weighted by atomic mass is 16.7. The Morgan fingerprint density at radius 2 is 1.56 bits per heavy atom. The molecule has 3 aromatic carbocycles. The quantitative estimate of drug-likeness (QED) is 0.164. The Labute approximate surface area is 267 Å². The number of fused-ring (bicyclic) bond motifs is 2. The second kappa shape index (κ2) is 13.6. The van der Waals surface area contributed by atoms with Crippen LogP contribution in [0.4, 0.5) is 0 Å². The maximum Gasteiger partial charge on any atom is 0.254 e. The largest absolute Gasteiger partial charge is 0.454 e. The van der Waals surface area contributed by atoms with Crippen molar-refractivity contribution >= 4 is 16.8 Å². The van der Waals surface area contributed by atoms with E-state index >= 15 is 0 Å². The molecule has 0 radical (unpaired) electrons. The van der Waals surface area contributed by atoms with Gasteiger partial charge in [0, 0.05) is 30.2 Å². The molecule has 7 rings (SSSR count). The summed E-state index contributed by atoms with van der Waals surface area (Å²) in [6, 6.07) is 23.8. The third kappa shape index (κ3) is 6.72. The van der Waals surface area contributed by atoms with Gasteiger partial charge in [-0.1, -0.05) is 56.2 Å². The molecule has 6 heteroatoms. The van der Waals surface area contributed by atoms with E-state index in [1.807, 2.05) is 12.1 Å². The molecular formula is C39H45N3O3. The number of hydrogen-bond donors (Lipinski definition) is 0. The number of rotatable bonds is 11. The van der Waals surface area contributed by atoms with Crippen molar-refractivity contribution in [2.24, 2.45) is 0 Å². The van der Waals surface area contributed by atoms with Crippen molar-refractivity contribution in [3.05, 3.63) is 89.1 Å². The van der Waals surface area contributed by atoms with Gasteiger partial charge in [-0.3, -0.25) is 9.78 Å². The van der Waals surface area contributed by atoms with Crippen LogP contribution in [0.5, 0.6) is 11.5 Å². The number of pyridine rings is 1. The minimum Gasteiger partial charge on any atom is -0.454 e. The van der Waals surface area contributed by atoms with Crippen LogP contribution in [0.2, 0.25) is 0 Å². The Morgan fingerprint density at radius 3 is 2.38 bits per heavy atom. The van der Waals surface area contributed by atoms with Gasteiger partial charge in [-0.2, -0.15) is 0 Å². The maximum atomic E-state index is 14.5.